The molecule has 0 fully saturated rings. The zero-order valence-corrected chi connectivity index (χ0v) is 11.5. The maximum atomic E-state index is 11.7. The number of aryl methyl sites for hydroxylation is 2. The number of nitrogens with zero attached hydrogens (tertiary/aromatic N) is 1. The Hall–Kier alpha value is -1.49. The summed E-state index contributed by atoms with van der Waals surface area (Å²) < 4.78 is 5.53. The van der Waals surface area contributed by atoms with Gasteiger partial charge in [0.15, 0.2) is 11.8 Å². The van der Waals surface area contributed by atoms with E-state index in [2.05, 4.69) is 22.4 Å². The van der Waals surface area contributed by atoms with Crippen LogP contribution in [-0.4, -0.2) is 30.0 Å². The molecule has 1 aromatic rings. The predicted octanol–water partition coefficient (Wildman–Crippen LogP) is 1.77. The van der Waals surface area contributed by atoms with Crippen LogP contribution in [0.2, 0.25) is 0 Å². The van der Waals surface area contributed by atoms with Crippen LogP contribution in [0.1, 0.15) is 17.5 Å². The molecular formula is C14H16N2O2S. The van der Waals surface area contributed by atoms with Crippen LogP contribution in [-0.2, 0) is 17.6 Å². The van der Waals surface area contributed by atoms with Crippen molar-refractivity contribution in [2.75, 3.05) is 18.9 Å². The quantitative estimate of drug-likeness (QED) is 0.915. The number of carbonyl (C=O) groups excluding carboxylic acids is 1. The Bertz CT molecular complexity index is 528. The van der Waals surface area contributed by atoms with Crippen LogP contribution >= 0.6 is 11.8 Å². The summed E-state index contributed by atoms with van der Waals surface area (Å²) >= 11 is 1.57. The van der Waals surface area contributed by atoms with Crippen LogP contribution in [0.15, 0.2) is 23.2 Å². The number of aliphatic imine (C=N–C) groups is 1. The molecule has 0 bridgehead atoms. The summed E-state index contributed by atoms with van der Waals surface area (Å²) in [5.74, 6) is 1.58. The minimum absolute atomic E-state index is 0.0400. The van der Waals surface area contributed by atoms with Crippen LogP contribution in [0, 0.1) is 0 Å². The Labute approximate surface area is 116 Å². The molecule has 2 aliphatic rings. The summed E-state index contributed by atoms with van der Waals surface area (Å²) in [4.78, 5) is 15.8. The molecule has 0 saturated carbocycles. The minimum Gasteiger partial charge on any atom is -0.484 e. The van der Waals surface area contributed by atoms with Crippen molar-refractivity contribution in [2.24, 2.45) is 4.99 Å². The normalized spacial score (nSPS) is 16.9. The van der Waals surface area contributed by atoms with E-state index in [9.17, 15) is 4.79 Å². The molecule has 1 aromatic carbocycles. The fraction of sp³-hybridized carbons (Fsp3) is 0.429. The van der Waals surface area contributed by atoms with Crippen LogP contribution in [0.5, 0.6) is 5.75 Å². The number of benzene rings is 1. The summed E-state index contributed by atoms with van der Waals surface area (Å²) in [7, 11) is 0. The molecule has 1 aliphatic heterocycles. The molecule has 1 amide bonds. The van der Waals surface area contributed by atoms with E-state index in [0.717, 1.165) is 30.9 Å². The summed E-state index contributed by atoms with van der Waals surface area (Å²) in [6.45, 7) is 0.824. The van der Waals surface area contributed by atoms with Gasteiger partial charge in [-0.3, -0.25) is 9.79 Å². The highest BCUT2D eigenvalue weighted by molar-refractivity contribution is 8.14. The molecule has 100 valence electrons. The van der Waals surface area contributed by atoms with Crippen LogP contribution in [0.3, 0.4) is 0 Å². The van der Waals surface area contributed by atoms with Gasteiger partial charge in [0, 0.05) is 5.75 Å². The molecule has 1 N–H and O–H groups in total. The van der Waals surface area contributed by atoms with Crippen molar-refractivity contribution >= 4 is 22.8 Å². The van der Waals surface area contributed by atoms with Crippen molar-refractivity contribution in [3.8, 4) is 5.75 Å². The number of ether oxygens (including phenoxy) is 1. The maximum absolute atomic E-state index is 11.7. The number of hydrogen-bond acceptors (Lipinski definition) is 4. The first-order valence-electron chi connectivity index (χ1n) is 6.53. The number of amidine groups is 1. The molecule has 0 aromatic heterocycles. The molecule has 1 aliphatic carbocycles. The van der Waals surface area contributed by atoms with E-state index in [-0.39, 0.29) is 12.5 Å². The fourth-order valence-electron chi connectivity index (χ4n) is 2.35. The molecule has 0 spiro atoms. The minimum atomic E-state index is -0.145. The zero-order chi connectivity index (χ0) is 13.1. The number of amides is 1. The molecule has 1 heterocycles. The van der Waals surface area contributed by atoms with Crippen molar-refractivity contribution in [3.05, 3.63) is 29.3 Å². The lowest BCUT2D eigenvalue weighted by molar-refractivity contribution is -0.121. The summed E-state index contributed by atoms with van der Waals surface area (Å²) in [6, 6.07) is 6.10. The average Bonchev–Trinajstić information content (AvgIpc) is 3.06. The zero-order valence-electron chi connectivity index (χ0n) is 10.6. The maximum Gasteiger partial charge on any atom is 0.263 e. The Balaban J connectivity index is 1.52. The topological polar surface area (TPSA) is 50.7 Å². The molecule has 0 atom stereocenters. The van der Waals surface area contributed by atoms with Crippen LogP contribution in [0.25, 0.3) is 0 Å². The Morgan fingerprint density at radius 2 is 2.26 bits per heavy atom. The molecule has 0 unspecified atom stereocenters. The van der Waals surface area contributed by atoms with Gasteiger partial charge in [-0.05, 0) is 42.5 Å². The molecule has 0 saturated heterocycles. The highest BCUT2D eigenvalue weighted by Crippen LogP contribution is 2.25. The van der Waals surface area contributed by atoms with Gasteiger partial charge in [-0.15, -0.1) is 0 Å². The third-order valence-corrected chi connectivity index (χ3v) is 4.16. The molecule has 0 radical (unpaired) electrons. The van der Waals surface area contributed by atoms with Gasteiger partial charge < -0.3 is 10.1 Å². The lowest BCUT2D eigenvalue weighted by Gasteiger charge is -2.08. The number of hydrogen-bond donors (Lipinski definition) is 1. The second-order valence-electron chi connectivity index (χ2n) is 4.66. The van der Waals surface area contributed by atoms with Crippen molar-refractivity contribution < 1.29 is 9.53 Å². The number of carbonyl (C=O) groups is 1. The molecular weight excluding hydrogens is 260 g/mol. The monoisotopic (exact) mass is 276 g/mol. The van der Waals surface area contributed by atoms with Gasteiger partial charge in [0.25, 0.3) is 5.91 Å². The Morgan fingerprint density at radius 1 is 1.37 bits per heavy atom. The molecule has 19 heavy (non-hydrogen) atoms. The second kappa shape index (κ2) is 5.65. The first kappa shape index (κ1) is 12.5. The number of rotatable bonds is 3. The second-order valence-corrected chi connectivity index (χ2v) is 5.74. The summed E-state index contributed by atoms with van der Waals surface area (Å²) in [5.41, 5.74) is 2.77. The third-order valence-electron chi connectivity index (χ3n) is 3.27. The van der Waals surface area contributed by atoms with Gasteiger partial charge in [-0.25, -0.2) is 0 Å². The van der Waals surface area contributed by atoms with E-state index >= 15 is 0 Å². The van der Waals surface area contributed by atoms with E-state index in [1.807, 2.05) is 6.07 Å². The third kappa shape index (κ3) is 3.10. The Morgan fingerprint density at radius 3 is 3.11 bits per heavy atom. The van der Waals surface area contributed by atoms with Gasteiger partial charge in [-0.2, -0.15) is 0 Å². The summed E-state index contributed by atoms with van der Waals surface area (Å²) in [6.07, 6.45) is 3.50. The lowest BCUT2D eigenvalue weighted by Crippen LogP contribution is -2.32. The van der Waals surface area contributed by atoms with E-state index in [1.54, 1.807) is 11.8 Å². The van der Waals surface area contributed by atoms with Crippen molar-refractivity contribution in [3.63, 3.8) is 0 Å². The lowest BCUT2D eigenvalue weighted by atomic mass is 10.1. The van der Waals surface area contributed by atoms with Gasteiger partial charge in [0.2, 0.25) is 0 Å². The van der Waals surface area contributed by atoms with Crippen molar-refractivity contribution in [1.82, 2.24) is 5.32 Å². The number of thioether (sulfide) groups is 1. The van der Waals surface area contributed by atoms with E-state index in [0.29, 0.717) is 5.17 Å². The highest BCUT2D eigenvalue weighted by Gasteiger charge is 2.13. The molecule has 3 rings (SSSR count). The molecule has 4 nitrogen and oxygen atoms in total. The Kier molecular flexibility index (Phi) is 3.73. The standard InChI is InChI=1S/C14H16N2O2S/c17-13(16-14-15-6-7-19-14)9-18-12-5-4-10-2-1-3-11(10)8-12/h4-5,8H,1-3,6-7,9H2,(H,15,16,17). The van der Waals surface area contributed by atoms with Crippen LogP contribution < -0.4 is 10.1 Å². The van der Waals surface area contributed by atoms with Crippen molar-refractivity contribution in [1.29, 1.82) is 0 Å². The van der Waals surface area contributed by atoms with Crippen LogP contribution in [0.4, 0.5) is 0 Å². The summed E-state index contributed by atoms with van der Waals surface area (Å²) in [5, 5.41) is 3.46. The predicted molar refractivity (Wildman–Crippen MR) is 76.9 cm³/mol. The van der Waals surface area contributed by atoms with E-state index < -0.39 is 0 Å². The van der Waals surface area contributed by atoms with Gasteiger partial charge in [0.05, 0.1) is 6.54 Å². The van der Waals surface area contributed by atoms with Gasteiger partial charge >= 0.3 is 0 Å². The van der Waals surface area contributed by atoms with E-state index in [1.165, 1.54) is 17.5 Å². The van der Waals surface area contributed by atoms with Gasteiger partial charge in [-0.1, -0.05) is 17.8 Å². The highest BCUT2D eigenvalue weighted by atomic mass is 32.2. The van der Waals surface area contributed by atoms with Crippen molar-refractivity contribution in [2.45, 2.75) is 19.3 Å². The average molecular weight is 276 g/mol. The molecule has 5 heteroatoms. The largest absolute Gasteiger partial charge is 0.484 e. The number of nitrogens with one attached hydrogen (secondary N) is 1. The smallest absolute Gasteiger partial charge is 0.263 e. The SMILES string of the molecule is O=C(COc1ccc2c(c1)CCC2)NC1=NCCS1. The fourth-order valence-corrected chi connectivity index (χ4v) is 3.10. The number of fused-ring (bicyclic) bond motifs is 1. The van der Waals surface area contributed by atoms with Gasteiger partial charge in [0.1, 0.15) is 5.75 Å². The first-order valence-corrected chi connectivity index (χ1v) is 7.51. The van der Waals surface area contributed by atoms with E-state index in [4.69, 9.17) is 4.74 Å². The first-order chi connectivity index (χ1) is 9.31.